The Morgan fingerprint density at radius 2 is 2.05 bits per heavy atom. The Labute approximate surface area is 112 Å². The normalized spacial score (nSPS) is 22.5. The molecular weight excluding hydrogens is 246 g/mol. The van der Waals surface area contributed by atoms with Gasteiger partial charge in [0.05, 0.1) is 19.6 Å². The molecular formula is C14H19NO4. The van der Waals surface area contributed by atoms with Gasteiger partial charge in [-0.1, -0.05) is 0 Å². The van der Waals surface area contributed by atoms with E-state index in [4.69, 9.17) is 9.47 Å². The molecule has 1 aliphatic heterocycles. The molecule has 5 nitrogen and oxygen atoms in total. The number of phenolic OH excluding ortho intramolecular Hbond substituents is 1. The minimum atomic E-state index is -0.217. The number of hydrogen-bond acceptors (Lipinski definition) is 5. The van der Waals surface area contributed by atoms with Gasteiger partial charge in [-0.05, 0) is 30.7 Å². The summed E-state index contributed by atoms with van der Waals surface area (Å²) in [4.78, 5) is 13.6. The quantitative estimate of drug-likeness (QED) is 0.837. The molecule has 0 amide bonds. The molecule has 2 atom stereocenters. The molecule has 19 heavy (non-hydrogen) atoms. The summed E-state index contributed by atoms with van der Waals surface area (Å²) < 4.78 is 10.1. The fourth-order valence-electron chi connectivity index (χ4n) is 2.47. The van der Waals surface area contributed by atoms with E-state index in [9.17, 15) is 9.90 Å². The second-order valence-electron chi connectivity index (χ2n) is 4.70. The van der Waals surface area contributed by atoms with Crippen LogP contribution in [0.4, 0.5) is 5.69 Å². The van der Waals surface area contributed by atoms with Gasteiger partial charge in [0.2, 0.25) is 0 Å². The van der Waals surface area contributed by atoms with Crippen molar-refractivity contribution in [1.82, 2.24) is 0 Å². The van der Waals surface area contributed by atoms with Crippen LogP contribution in [0.25, 0.3) is 0 Å². The lowest BCUT2D eigenvalue weighted by Gasteiger charge is -2.25. The van der Waals surface area contributed by atoms with E-state index >= 15 is 0 Å². The first-order valence-corrected chi connectivity index (χ1v) is 6.29. The van der Waals surface area contributed by atoms with E-state index in [0.717, 1.165) is 18.7 Å². The average Bonchev–Trinajstić information content (AvgIpc) is 2.82. The van der Waals surface area contributed by atoms with Gasteiger partial charge >= 0.3 is 5.97 Å². The minimum Gasteiger partial charge on any atom is -0.508 e. The van der Waals surface area contributed by atoms with Crippen LogP contribution in [0.2, 0.25) is 0 Å². The molecule has 104 valence electrons. The van der Waals surface area contributed by atoms with Gasteiger partial charge in [-0.3, -0.25) is 4.79 Å². The van der Waals surface area contributed by atoms with Crippen LogP contribution in [0, 0.1) is 0 Å². The number of carbonyl (C=O) groups excluding carboxylic acids is 1. The maximum absolute atomic E-state index is 11.5. The number of hydrogen-bond donors (Lipinski definition) is 1. The van der Waals surface area contributed by atoms with Gasteiger partial charge in [0.1, 0.15) is 5.75 Å². The molecule has 1 aromatic rings. The van der Waals surface area contributed by atoms with Gasteiger partial charge in [0.15, 0.2) is 0 Å². The van der Waals surface area contributed by atoms with E-state index in [1.165, 1.54) is 7.11 Å². The van der Waals surface area contributed by atoms with Crippen molar-refractivity contribution in [2.24, 2.45) is 0 Å². The third-order valence-electron chi connectivity index (χ3n) is 3.52. The highest BCUT2D eigenvalue weighted by Crippen LogP contribution is 2.30. The summed E-state index contributed by atoms with van der Waals surface area (Å²) in [5.41, 5.74) is 0.978. The zero-order valence-corrected chi connectivity index (χ0v) is 11.2. The van der Waals surface area contributed by atoms with E-state index < -0.39 is 0 Å². The predicted octanol–water partition coefficient (Wildman–Crippen LogP) is 1.55. The Morgan fingerprint density at radius 3 is 2.63 bits per heavy atom. The number of benzene rings is 1. The van der Waals surface area contributed by atoms with Crippen molar-refractivity contribution in [3.63, 3.8) is 0 Å². The fourth-order valence-corrected chi connectivity index (χ4v) is 2.47. The number of methoxy groups -OCH3 is 2. The molecule has 0 spiro atoms. The maximum atomic E-state index is 11.5. The van der Waals surface area contributed by atoms with E-state index in [1.54, 1.807) is 19.2 Å². The first kappa shape index (κ1) is 13.7. The molecule has 0 bridgehead atoms. The number of esters is 1. The van der Waals surface area contributed by atoms with Crippen LogP contribution in [0.1, 0.15) is 12.8 Å². The molecule has 1 aromatic carbocycles. The molecule has 0 radical (unpaired) electrons. The Kier molecular flexibility index (Phi) is 4.27. The van der Waals surface area contributed by atoms with Crippen molar-refractivity contribution in [1.29, 1.82) is 0 Å². The summed E-state index contributed by atoms with van der Waals surface area (Å²) in [6.45, 7) is 0.739. The van der Waals surface area contributed by atoms with Crippen molar-refractivity contribution in [3.05, 3.63) is 24.3 Å². The van der Waals surface area contributed by atoms with Gasteiger partial charge in [-0.15, -0.1) is 0 Å². The first-order valence-electron chi connectivity index (χ1n) is 6.29. The van der Waals surface area contributed by atoms with Crippen molar-refractivity contribution in [2.75, 3.05) is 25.7 Å². The summed E-state index contributed by atoms with van der Waals surface area (Å²) in [5.74, 6) is 0.0151. The largest absolute Gasteiger partial charge is 0.508 e. The number of anilines is 1. The van der Waals surface area contributed by atoms with Crippen LogP contribution in [0.3, 0.4) is 0 Å². The Hall–Kier alpha value is -1.75. The van der Waals surface area contributed by atoms with Crippen LogP contribution in [0.15, 0.2) is 24.3 Å². The maximum Gasteiger partial charge on any atom is 0.307 e. The van der Waals surface area contributed by atoms with Crippen LogP contribution < -0.4 is 4.90 Å². The molecule has 2 rings (SSSR count). The lowest BCUT2D eigenvalue weighted by atomic mass is 10.1. The van der Waals surface area contributed by atoms with Crippen molar-refractivity contribution in [3.8, 4) is 5.75 Å². The molecule has 1 aliphatic rings. The fraction of sp³-hybridized carbons (Fsp3) is 0.500. The van der Waals surface area contributed by atoms with E-state index in [-0.39, 0.29) is 23.9 Å². The number of nitrogens with zero attached hydrogens (tertiary/aromatic N) is 1. The van der Waals surface area contributed by atoms with Crippen molar-refractivity contribution < 1.29 is 19.4 Å². The van der Waals surface area contributed by atoms with Crippen molar-refractivity contribution in [2.45, 2.75) is 25.0 Å². The van der Waals surface area contributed by atoms with Crippen LogP contribution in [-0.2, 0) is 14.3 Å². The molecule has 0 saturated carbocycles. The average molecular weight is 265 g/mol. The van der Waals surface area contributed by atoms with Gasteiger partial charge in [-0.25, -0.2) is 0 Å². The Bertz CT molecular complexity index is 432. The highest BCUT2D eigenvalue weighted by molar-refractivity contribution is 5.71. The third-order valence-corrected chi connectivity index (χ3v) is 3.52. The molecule has 1 fully saturated rings. The summed E-state index contributed by atoms with van der Waals surface area (Å²) >= 11 is 0. The molecule has 0 aromatic heterocycles. The molecule has 1 N–H and O–H groups in total. The highest BCUT2D eigenvalue weighted by atomic mass is 16.5. The Balaban J connectivity index is 2.15. The second-order valence-corrected chi connectivity index (χ2v) is 4.70. The van der Waals surface area contributed by atoms with E-state index in [1.807, 2.05) is 12.1 Å². The number of aromatic hydroxyl groups is 1. The van der Waals surface area contributed by atoms with Crippen LogP contribution in [0.5, 0.6) is 5.75 Å². The van der Waals surface area contributed by atoms with E-state index in [2.05, 4.69) is 4.90 Å². The Morgan fingerprint density at radius 1 is 1.37 bits per heavy atom. The van der Waals surface area contributed by atoms with E-state index in [0.29, 0.717) is 6.42 Å². The number of phenols is 1. The summed E-state index contributed by atoms with van der Waals surface area (Å²) in [6, 6.07) is 7.05. The lowest BCUT2D eigenvalue weighted by Crippen LogP contribution is -2.31. The van der Waals surface area contributed by atoms with Crippen molar-refractivity contribution >= 4 is 11.7 Å². The molecule has 5 heteroatoms. The third kappa shape index (κ3) is 3.17. The summed E-state index contributed by atoms with van der Waals surface area (Å²) in [7, 11) is 3.08. The van der Waals surface area contributed by atoms with Gasteiger partial charge in [0, 0.05) is 25.4 Å². The monoisotopic (exact) mass is 265 g/mol. The number of carbonyl (C=O) groups is 1. The topological polar surface area (TPSA) is 59.0 Å². The zero-order valence-electron chi connectivity index (χ0n) is 11.2. The highest BCUT2D eigenvalue weighted by Gasteiger charge is 2.33. The first-order chi connectivity index (χ1) is 9.13. The molecule has 1 saturated heterocycles. The second kappa shape index (κ2) is 5.93. The molecule has 0 unspecified atom stereocenters. The van der Waals surface area contributed by atoms with Gasteiger partial charge in [-0.2, -0.15) is 0 Å². The standard InChI is InChI=1S/C14H19NO4/c1-18-13-7-11(8-14(17)19-2)15(9-13)10-3-5-12(16)6-4-10/h3-6,11,13,16H,7-9H2,1-2H3/t11-,13-/m1/s1. The minimum absolute atomic E-state index is 0.0712. The molecule has 0 aliphatic carbocycles. The SMILES string of the molecule is COC(=O)C[C@H]1C[C@@H](OC)CN1c1ccc(O)cc1. The van der Waals surface area contributed by atoms with Crippen LogP contribution >= 0.6 is 0 Å². The predicted molar refractivity (Wildman–Crippen MR) is 71.3 cm³/mol. The van der Waals surface area contributed by atoms with Gasteiger partial charge in [0.25, 0.3) is 0 Å². The summed E-state index contributed by atoms with van der Waals surface area (Å²) in [5, 5.41) is 9.33. The summed E-state index contributed by atoms with van der Waals surface area (Å²) in [6.07, 6.45) is 1.26. The smallest absolute Gasteiger partial charge is 0.307 e. The van der Waals surface area contributed by atoms with Crippen LogP contribution in [-0.4, -0.2) is 44.0 Å². The zero-order chi connectivity index (χ0) is 13.8. The number of rotatable bonds is 4. The number of ether oxygens (including phenoxy) is 2. The van der Waals surface area contributed by atoms with Gasteiger partial charge < -0.3 is 19.5 Å². The lowest BCUT2D eigenvalue weighted by molar-refractivity contribution is -0.141. The molecule has 1 heterocycles.